The van der Waals surface area contributed by atoms with Gasteiger partial charge < -0.3 is 10.2 Å². The van der Waals surface area contributed by atoms with Crippen molar-refractivity contribution < 1.29 is 19.8 Å². The first-order chi connectivity index (χ1) is 11.6. The number of allylic oxidation sites excluding steroid dienone is 4. The van der Waals surface area contributed by atoms with Crippen LogP contribution in [0.25, 0.3) is 0 Å². The molecule has 0 aliphatic heterocycles. The van der Waals surface area contributed by atoms with E-state index in [0.717, 1.165) is 24.8 Å². The Morgan fingerprint density at radius 1 is 1.28 bits per heavy atom. The zero-order chi connectivity index (χ0) is 18.2. The summed E-state index contributed by atoms with van der Waals surface area (Å²) in [4.78, 5) is 24.0. The van der Waals surface area contributed by atoms with Gasteiger partial charge in [-0.05, 0) is 63.0 Å². The van der Waals surface area contributed by atoms with Crippen molar-refractivity contribution in [2.45, 2.75) is 64.6 Å². The van der Waals surface area contributed by atoms with Crippen molar-refractivity contribution in [2.24, 2.45) is 28.6 Å². The topological polar surface area (TPSA) is 74.6 Å². The molecule has 3 saturated carbocycles. The molecule has 0 bridgehead atoms. The molecule has 4 aliphatic carbocycles. The minimum absolute atomic E-state index is 0.0351. The second-order valence-corrected chi connectivity index (χ2v) is 9.17. The van der Waals surface area contributed by atoms with E-state index in [0.29, 0.717) is 12.8 Å². The minimum Gasteiger partial charge on any atom is -0.393 e. The molecule has 2 N–H and O–H groups in total. The average Bonchev–Trinajstić information content (AvgIpc) is 2.80. The largest absolute Gasteiger partial charge is 0.393 e. The number of fused-ring (bicyclic) bond motifs is 5. The second kappa shape index (κ2) is 5.14. The fraction of sp³-hybridized carbons (Fsp3) is 0.714. The van der Waals surface area contributed by atoms with Crippen LogP contribution in [0.1, 0.15) is 52.9 Å². The summed E-state index contributed by atoms with van der Waals surface area (Å²) in [6, 6.07) is 0. The quantitative estimate of drug-likeness (QED) is 0.767. The van der Waals surface area contributed by atoms with Crippen molar-refractivity contribution in [3.05, 3.63) is 23.8 Å². The van der Waals surface area contributed by atoms with Gasteiger partial charge in [0.25, 0.3) is 0 Å². The van der Waals surface area contributed by atoms with E-state index in [2.05, 4.69) is 6.92 Å². The summed E-state index contributed by atoms with van der Waals surface area (Å²) in [5.74, 6) is 0.410. The van der Waals surface area contributed by atoms with E-state index in [-0.39, 0.29) is 34.7 Å². The van der Waals surface area contributed by atoms with E-state index in [4.69, 9.17) is 0 Å². The predicted octanol–water partition coefficient (Wildman–Crippen LogP) is 2.59. The maximum Gasteiger partial charge on any atom is 0.178 e. The Morgan fingerprint density at radius 2 is 2.00 bits per heavy atom. The number of rotatable bonds is 1. The monoisotopic (exact) mass is 344 g/mol. The van der Waals surface area contributed by atoms with Crippen LogP contribution >= 0.6 is 0 Å². The summed E-state index contributed by atoms with van der Waals surface area (Å²) < 4.78 is 0. The van der Waals surface area contributed by atoms with Crippen molar-refractivity contribution in [1.29, 1.82) is 0 Å². The third-order valence-corrected chi connectivity index (χ3v) is 8.23. The molecule has 4 nitrogen and oxygen atoms in total. The molecule has 7 atom stereocenters. The van der Waals surface area contributed by atoms with Crippen molar-refractivity contribution in [1.82, 2.24) is 0 Å². The van der Waals surface area contributed by atoms with Crippen LogP contribution < -0.4 is 0 Å². The Bertz CT molecular complexity index is 707. The van der Waals surface area contributed by atoms with E-state index in [1.54, 1.807) is 12.2 Å². The summed E-state index contributed by atoms with van der Waals surface area (Å²) in [7, 11) is 0. The number of hydrogen-bond acceptors (Lipinski definition) is 4. The minimum atomic E-state index is -1.32. The van der Waals surface area contributed by atoms with Crippen LogP contribution in [0.5, 0.6) is 0 Å². The van der Waals surface area contributed by atoms with Crippen LogP contribution in [0.2, 0.25) is 0 Å². The van der Waals surface area contributed by atoms with Crippen LogP contribution in [0.15, 0.2) is 23.8 Å². The van der Waals surface area contributed by atoms with Gasteiger partial charge in [-0.1, -0.05) is 25.5 Å². The van der Waals surface area contributed by atoms with Crippen molar-refractivity contribution in [2.75, 3.05) is 0 Å². The molecule has 0 heterocycles. The Labute approximate surface area is 149 Å². The van der Waals surface area contributed by atoms with Gasteiger partial charge in [0.2, 0.25) is 0 Å². The summed E-state index contributed by atoms with van der Waals surface area (Å²) in [6.45, 7) is 5.61. The van der Waals surface area contributed by atoms with Gasteiger partial charge in [0, 0.05) is 16.7 Å². The normalized spacial score (nSPS) is 51.4. The van der Waals surface area contributed by atoms with Gasteiger partial charge in [-0.15, -0.1) is 0 Å². The van der Waals surface area contributed by atoms with Crippen LogP contribution in [-0.2, 0) is 9.59 Å². The highest BCUT2D eigenvalue weighted by molar-refractivity contribution is 6.01. The Morgan fingerprint density at radius 3 is 2.68 bits per heavy atom. The fourth-order valence-electron chi connectivity index (χ4n) is 6.91. The molecule has 0 radical (unpaired) electrons. The zero-order valence-corrected chi connectivity index (χ0v) is 15.3. The number of carbonyl (C=O) groups excluding carboxylic acids is 2. The van der Waals surface area contributed by atoms with Gasteiger partial charge in [0.05, 0.1) is 6.10 Å². The summed E-state index contributed by atoms with van der Waals surface area (Å²) >= 11 is 0. The fourth-order valence-corrected chi connectivity index (χ4v) is 6.91. The summed E-state index contributed by atoms with van der Waals surface area (Å²) in [5, 5.41) is 22.3. The standard InChI is InChI=1S/C21H28O4/c1-12(22)21(25)9-7-16-15-5-4-13-10-14(23)6-8-19(13,2)18(15)17(24)11-20(16,21)3/h6,8,10,15-18,24-25H,4-5,7,9,11H2,1-3H3/t15-,16+,17-,18+,19-,20-,21+/m0/s1. The van der Waals surface area contributed by atoms with E-state index in [1.807, 2.05) is 13.0 Å². The molecule has 4 rings (SSSR count). The molecule has 3 fully saturated rings. The molecule has 0 spiro atoms. The lowest BCUT2D eigenvalue weighted by molar-refractivity contribution is -0.175. The van der Waals surface area contributed by atoms with Crippen molar-refractivity contribution >= 4 is 11.6 Å². The van der Waals surface area contributed by atoms with Crippen molar-refractivity contribution in [3.63, 3.8) is 0 Å². The molecule has 4 aliphatic rings. The van der Waals surface area contributed by atoms with Crippen LogP contribution in [0, 0.1) is 28.6 Å². The molecule has 25 heavy (non-hydrogen) atoms. The number of ketones is 2. The summed E-state index contributed by atoms with van der Waals surface area (Å²) in [6.07, 6.45) is 8.32. The highest BCUT2D eigenvalue weighted by Gasteiger charge is 2.67. The van der Waals surface area contributed by atoms with Gasteiger partial charge in [0.1, 0.15) is 5.60 Å². The van der Waals surface area contributed by atoms with E-state index >= 15 is 0 Å². The Balaban J connectivity index is 1.76. The molecule has 0 saturated heterocycles. The molecular formula is C21H28O4. The Kier molecular flexibility index (Phi) is 3.53. The number of carbonyl (C=O) groups is 2. The number of Topliss-reactive ketones (excluding diaryl/α,β-unsaturated/α-hetero) is 1. The molecule has 4 heteroatoms. The highest BCUT2D eigenvalue weighted by Crippen LogP contribution is 2.66. The van der Waals surface area contributed by atoms with Crippen LogP contribution in [0.3, 0.4) is 0 Å². The first-order valence-corrected chi connectivity index (χ1v) is 9.49. The van der Waals surface area contributed by atoms with Crippen LogP contribution in [0.4, 0.5) is 0 Å². The van der Waals surface area contributed by atoms with Gasteiger partial charge in [-0.2, -0.15) is 0 Å². The molecule has 0 aromatic heterocycles. The van der Waals surface area contributed by atoms with E-state index < -0.39 is 17.1 Å². The average molecular weight is 344 g/mol. The number of hydrogen-bond donors (Lipinski definition) is 2. The molecule has 0 amide bonds. The smallest absolute Gasteiger partial charge is 0.178 e. The lowest BCUT2D eigenvalue weighted by Crippen LogP contribution is -2.61. The maximum absolute atomic E-state index is 12.2. The van der Waals surface area contributed by atoms with Crippen LogP contribution in [-0.4, -0.2) is 33.5 Å². The lowest BCUT2D eigenvalue weighted by atomic mass is 9.46. The SMILES string of the molecule is CC(=O)[C@]1(O)CC[C@@H]2[C@@H]3CCC4=CC(=O)C=C[C@]4(C)[C@H]3[C@@H](O)C[C@@]21C. The molecule has 0 aromatic rings. The molecule has 0 unspecified atom stereocenters. The zero-order valence-electron chi connectivity index (χ0n) is 15.3. The summed E-state index contributed by atoms with van der Waals surface area (Å²) in [5.41, 5.74) is -1.05. The van der Waals surface area contributed by atoms with Gasteiger partial charge in [-0.25, -0.2) is 0 Å². The van der Waals surface area contributed by atoms with E-state index in [1.165, 1.54) is 6.92 Å². The maximum atomic E-state index is 12.2. The third-order valence-electron chi connectivity index (χ3n) is 8.23. The lowest BCUT2D eigenvalue weighted by Gasteiger charge is -2.59. The molecular weight excluding hydrogens is 316 g/mol. The van der Waals surface area contributed by atoms with Gasteiger partial charge in [-0.3, -0.25) is 9.59 Å². The van der Waals surface area contributed by atoms with Crippen molar-refractivity contribution in [3.8, 4) is 0 Å². The number of aliphatic hydroxyl groups excluding tert-OH is 1. The second-order valence-electron chi connectivity index (χ2n) is 9.17. The van der Waals surface area contributed by atoms with Gasteiger partial charge in [0.15, 0.2) is 11.6 Å². The molecule has 0 aromatic carbocycles. The van der Waals surface area contributed by atoms with Gasteiger partial charge >= 0.3 is 0 Å². The Hall–Kier alpha value is -1.26. The molecule has 136 valence electrons. The first-order valence-electron chi connectivity index (χ1n) is 9.49. The highest BCUT2D eigenvalue weighted by atomic mass is 16.3. The first kappa shape index (κ1) is 17.2. The van der Waals surface area contributed by atoms with E-state index in [9.17, 15) is 19.8 Å². The predicted molar refractivity (Wildman–Crippen MR) is 93.6 cm³/mol. The number of aliphatic hydroxyl groups is 2. The third kappa shape index (κ3) is 2.01.